The quantitative estimate of drug-likeness (QED) is 0.898. The summed E-state index contributed by atoms with van der Waals surface area (Å²) in [5.74, 6) is 1.46. The van der Waals surface area contributed by atoms with Crippen LogP contribution in [-0.4, -0.2) is 11.8 Å². The van der Waals surface area contributed by atoms with Gasteiger partial charge in [-0.05, 0) is 63.4 Å². The van der Waals surface area contributed by atoms with Gasteiger partial charge in [0.2, 0.25) is 0 Å². The van der Waals surface area contributed by atoms with Crippen LogP contribution >= 0.6 is 0 Å². The van der Waals surface area contributed by atoms with Gasteiger partial charge in [0.15, 0.2) is 0 Å². The van der Waals surface area contributed by atoms with Gasteiger partial charge in [0, 0.05) is 0 Å². The highest BCUT2D eigenvalue weighted by Gasteiger charge is 2.24. The van der Waals surface area contributed by atoms with Crippen molar-refractivity contribution in [2.24, 2.45) is 11.7 Å². The average molecular weight is 259 g/mol. The number of hydrogen-bond acceptors (Lipinski definition) is 2. The zero-order valence-electron chi connectivity index (χ0n) is 12.1. The Labute approximate surface area is 116 Å². The predicted molar refractivity (Wildman–Crippen MR) is 79.2 cm³/mol. The standard InChI is InChI=1S/C17H25NO/c1-12-3-7-15(8-4-12)16-9-5-14(6-10-16)11-17(18)13(2)19/h3-4,7-8,14,16-17H,5-6,9-11,18H2,1-2H3/t14?,16?,17-/m0/s1. The van der Waals surface area contributed by atoms with Crippen LogP contribution in [0.4, 0.5) is 0 Å². The van der Waals surface area contributed by atoms with Crippen molar-refractivity contribution in [2.45, 2.75) is 57.9 Å². The van der Waals surface area contributed by atoms with Crippen molar-refractivity contribution in [3.05, 3.63) is 35.4 Å². The van der Waals surface area contributed by atoms with Gasteiger partial charge in [-0.15, -0.1) is 0 Å². The molecule has 0 bridgehead atoms. The third kappa shape index (κ3) is 3.90. The van der Waals surface area contributed by atoms with Gasteiger partial charge in [-0.25, -0.2) is 0 Å². The molecule has 0 spiro atoms. The predicted octanol–water partition coefficient (Wildman–Crippen LogP) is 3.58. The molecule has 2 N–H and O–H groups in total. The third-order valence-electron chi connectivity index (χ3n) is 4.50. The van der Waals surface area contributed by atoms with Gasteiger partial charge in [-0.2, -0.15) is 0 Å². The average Bonchev–Trinajstić information content (AvgIpc) is 2.40. The normalized spacial score (nSPS) is 25.0. The molecule has 1 aliphatic carbocycles. The maximum absolute atomic E-state index is 11.2. The first kappa shape index (κ1) is 14.3. The molecule has 0 saturated heterocycles. The molecule has 104 valence electrons. The van der Waals surface area contributed by atoms with Gasteiger partial charge in [-0.1, -0.05) is 29.8 Å². The van der Waals surface area contributed by atoms with Crippen LogP contribution in [0.15, 0.2) is 24.3 Å². The Kier molecular flexibility index (Phi) is 4.76. The molecule has 2 heteroatoms. The Morgan fingerprint density at radius 1 is 1.21 bits per heavy atom. The molecule has 0 heterocycles. The van der Waals surface area contributed by atoms with Gasteiger partial charge in [0.1, 0.15) is 5.78 Å². The number of benzene rings is 1. The van der Waals surface area contributed by atoms with E-state index in [1.807, 2.05) is 0 Å². The molecule has 2 rings (SSSR count). The number of carbonyl (C=O) groups is 1. The zero-order valence-corrected chi connectivity index (χ0v) is 12.1. The first-order valence-electron chi connectivity index (χ1n) is 7.39. The maximum atomic E-state index is 11.2. The van der Waals surface area contributed by atoms with E-state index < -0.39 is 0 Å². The fourth-order valence-electron chi connectivity index (χ4n) is 3.10. The van der Waals surface area contributed by atoms with E-state index in [1.165, 1.54) is 36.8 Å². The van der Waals surface area contributed by atoms with Crippen LogP contribution in [0.25, 0.3) is 0 Å². The second-order valence-electron chi connectivity index (χ2n) is 6.08. The largest absolute Gasteiger partial charge is 0.322 e. The minimum absolute atomic E-state index is 0.126. The number of Topliss-reactive ketones (excluding diaryl/α,β-unsaturated/α-hetero) is 1. The molecule has 1 atom stereocenters. The van der Waals surface area contributed by atoms with Crippen LogP contribution in [0.3, 0.4) is 0 Å². The van der Waals surface area contributed by atoms with Crippen LogP contribution in [0.2, 0.25) is 0 Å². The zero-order chi connectivity index (χ0) is 13.8. The van der Waals surface area contributed by atoms with E-state index >= 15 is 0 Å². The van der Waals surface area contributed by atoms with Crippen molar-refractivity contribution in [1.82, 2.24) is 0 Å². The minimum atomic E-state index is -0.249. The maximum Gasteiger partial charge on any atom is 0.146 e. The number of aryl methyl sites for hydroxylation is 1. The van der Waals surface area contributed by atoms with E-state index in [-0.39, 0.29) is 11.8 Å². The third-order valence-corrected chi connectivity index (χ3v) is 4.50. The highest BCUT2D eigenvalue weighted by atomic mass is 16.1. The molecule has 19 heavy (non-hydrogen) atoms. The van der Waals surface area contributed by atoms with Crippen LogP contribution in [-0.2, 0) is 4.79 Å². The fourth-order valence-corrected chi connectivity index (χ4v) is 3.10. The molecule has 0 aliphatic heterocycles. The molecule has 1 saturated carbocycles. The number of rotatable bonds is 4. The minimum Gasteiger partial charge on any atom is -0.322 e. The van der Waals surface area contributed by atoms with Gasteiger partial charge in [0.05, 0.1) is 6.04 Å². The second kappa shape index (κ2) is 6.33. The summed E-state index contributed by atoms with van der Waals surface area (Å²) < 4.78 is 0. The molecule has 1 aromatic rings. The number of ketones is 1. The summed E-state index contributed by atoms with van der Waals surface area (Å²) in [5.41, 5.74) is 8.66. The fraction of sp³-hybridized carbons (Fsp3) is 0.588. The summed E-state index contributed by atoms with van der Waals surface area (Å²) in [6.45, 7) is 3.73. The molecule has 0 aromatic heterocycles. The van der Waals surface area contributed by atoms with Crippen molar-refractivity contribution in [3.63, 3.8) is 0 Å². The van der Waals surface area contributed by atoms with Crippen molar-refractivity contribution < 1.29 is 4.79 Å². The molecule has 1 fully saturated rings. The van der Waals surface area contributed by atoms with Crippen LogP contribution < -0.4 is 5.73 Å². The summed E-state index contributed by atoms with van der Waals surface area (Å²) in [6, 6.07) is 8.68. The summed E-state index contributed by atoms with van der Waals surface area (Å²) >= 11 is 0. The van der Waals surface area contributed by atoms with Crippen molar-refractivity contribution in [3.8, 4) is 0 Å². The number of hydrogen-bond donors (Lipinski definition) is 1. The summed E-state index contributed by atoms with van der Waals surface area (Å²) in [4.78, 5) is 11.2. The lowest BCUT2D eigenvalue weighted by atomic mass is 9.76. The smallest absolute Gasteiger partial charge is 0.146 e. The second-order valence-corrected chi connectivity index (χ2v) is 6.08. The van der Waals surface area contributed by atoms with Crippen molar-refractivity contribution in [2.75, 3.05) is 0 Å². The SMILES string of the molecule is CC(=O)[C@@H](N)CC1CCC(c2ccc(C)cc2)CC1. The molecule has 1 aromatic carbocycles. The number of carbonyl (C=O) groups excluding carboxylic acids is 1. The summed E-state index contributed by atoms with van der Waals surface area (Å²) in [7, 11) is 0. The van der Waals surface area contributed by atoms with Gasteiger partial charge in [0.25, 0.3) is 0 Å². The van der Waals surface area contributed by atoms with E-state index in [0.717, 1.165) is 6.42 Å². The Balaban J connectivity index is 1.85. The van der Waals surface area contributed by atoms with Crippen molar-refractivity contribution in [1.29, 1.82) is 0 Å². The molecule has 2 nitrogen and oxygen atoms in total. The summed E-state index contributed by atoms with van der Waals surface area (Å²) in [5, 5.41) is 0. The molecule has 0 amide bonds. The molecular formula is C17H25NO. The van der Waals surface area contributed by atoms with Crippen LogP contribution in [0.1, 0.15) is 56.1 Å². The Bertz CT molecular complexity index is 415. The molecular weight excluding hydrogens is 234 g/mol. The Morgan fingerprint density at radius 3 is 2.32 bits per heavy atom. The van der Waals surface area contributed by atoms with Gasteiger partial charge in [-0.3, -0.25) is 4.79 Å². The first-order chi connectivity index (χ1) is 9.06. The molecule has 0 radical (unpaired) electrons. The lowest BCUT2D eigenvalue weighted by molar-refractivity contribution is -0.118. The van der Waals surface area contributed by atoms with E-state index in [0.29, 0.717) is 11.8 Å². The molecule has 0 unspecified atom stereocenters. The lowest BCUT2D eigenvalue weighted by Gasteiger charge is -2.30. The summed E-state index contributed by atoms with van der Waals surface area (Å²) in [6.07, 6.45) is 5.76. The van der Waals surface area contributed by atoms with E-state index in [9.17, 15) is 4.79 Å². The molecule has 1 aliphatic rings. The van der Waals surface area contributed by atoms with Crippen LogP contribution in [0, 0.1) is 12.8 Å². The monoisotopic (exact) mass is 259 g/mol. The lowest BCUT2D eigenvalue weighted by Crippen LogP contribution is -2.31. The van der Waals surface area contributed by atoms with Crippen LogP contribution in [0.5, 0.6) is 0 Å². The van der Waals surface area contributed by atoms with E-state index in [4.69, 9.17) is 5.73 Å². The van der Waals surface area contributed by atoms with E-state index in [2.05, 4.69) is 31.2 Å². The Hall–Kier alpha value is -1.15. The highest BCUT2D eigenvalue weighted by Crippen LogP contribution is 2.37. The van der Waals surface area contributed by atoms with E-state index in [1.54, 1.807) is 6.92 Å². The van der Waals surface area contributed by atoms with Gasteiger partial charge >= 0.3 is 0 Å². The van der Waals surface area contributed by atoms with Crippen molar-refractivity contribution >= 4 is 5.78 Å². The number of nitrogens with two attached hydrogens (primary N) is 1. The highest BCUT2D eigenvalue weighted by molar-refractivity contribution is 5.81. The van der Waals surface area contributed by atoms with Gasteiger partial charge < -0.3 is 5.73 Å². The first-order valence-corrected chi connectivity index (χ1v) is 7.39. The Morgan fingerprint density at radius 2 is 1.79 bits per heavy atom. The topological polar surface area (TPSA) is 43.1 Å².